The van der Waals surface area contributed by atoms with E-state index in [2.05, 4.69) is 0 Å². The Bertz CT molecular complexity index is 359. The summed E-state index contributed by atoms with van der Waals surface area (Å²) in [4.78, 5) is 24.9. The zero-order chi connectivity index (χ0) is 14.5. The van der Waals surface area contributed by atoms with Crippen molar-refractivity contribution < 1.29 is 24.2 Å². The van der Waals surface area contributed by atoms with Gasteiger partial charge in [-0.3, -0.25) is 4.90 Å². The van der Waals surface area contributed by atoms with Crippen LogP contribution in [-0.4, -0.2) is 55.0 Å². The number of ether oxygens (including phenoxy) is 2. The smallest absolute Gasteiger partial charge is 0.410 e. The summed E-state index contributed by atoms with van der Waals surface area (Å²) in [6, 6.07) is -0.700. The van der Waals surface area contributed by atoms with Crippen molar-refractivity contribution in [3.05, 3.63) is 0 Å². The second kappa shape index (κ2) is 6.92. The van der Waals surface area contributed by atoms with Gasteiger partial charge < -0.3 is 14.6 Å². The zero-order valence-corrected chi connectivity index (χ0v) is 11.9. The lowest BCUT2D eigenvalue weighted by Gasteiger charge is -2.23. The molecular weight excluding hydrogens is 262 g/mol. The molecule has 1 heterocycles. The number of hydrogen-bond donors (Lipinski definition) is 1. The number of unbranched alkanes of at least 4 members (excludes halogenated alkanes) is 1. The van der Waals surface area contributed by atoms with E-state index in [4.69, 9.17) is 9.47 Å². The minimum absolute atomic E-state index is 0.105. The van der Waals surface area contributed by atoms with Crippen LogP contribution < -0.4 is 0 Å². The van der Waals surface area contributed by atoms with Gasteiger partial charge in [0, 0.05) is 20.3 Å². The van der Waals surface area contributed by atoms with E-state index < -0.39 is 18.1 Å². The molecule has 1 aliphatic carbocycles. The van der Waals surface area contributed by atoms with Crippen molar-refractivity contribution in [1.29, 1.82) is 0 Å². The summed E-state index contributed by atoms with van der Waals surface area (Å²) in [6.07, 6.45) is 4.07. The topological polar surface area (TPSA) is 76.1 Å². The van der Waals surface area contributed by atoms with E-state index in [1.54, 1.807) is 7.11 Å². The molecule has 20 heavy (non-hydrogen) atoms. The number of hydrogen-bond acceptors (Lipinski definition) is 4. The largest absolute Gasteiger partial charge is 0.480 e. The number of aliphatic carboxylic acids is 1. The summed E-state index contributed by atoms with van der Waals surface area (Å²) in [5, 5.41) is 9.36. The van der Waals surface area contributed by atoms with Crippen LogP contribution in [0, 0.1) is 11.8 Å². The average Bonchev–Trinajstić information content (AvgIpc) is 2.97. The fourth-order valence-electron chi connectivity index (χ4n) is 3.40. The molecule has 1 saturated carbocycles. The van der Waals surface area contributed by atoms with Crippen LogP contribution in [0.25, 0.3) is 0 Å². The van der Waals surface area contributed by atoms with Crippen LogP contribution in [0.2, 0.25) is 0 Å². The predicted octanol–water partition coefficient (Wildman–Crippen LogP) is 1.73. The van der Waals surface area contributed by atoms with Crippen LogP contribution in [0.1, 0.15) is 32.1 Å². The van der Waals surface area contributed by atoms with E-state index in [9.17, 15) is 14.7 Å². The van der Waals surface area contributed by atoms with Gasteiger partial charge in [0.25, 0.3) is 0 Å². The minimum atomic E-state index is -0.907. The van der Waals surface area contributed by atoms with Gasteiger partial charge >= 0.3 is 12.1 Å². The van der Waals surface area contributed by atoms with Crippen LogP contribution in [-0.2, 0) is 14.3 Å². The van der Waals surface area contributed by atoms with E-state index in [1.165, 1.54) is 4.90 Å². The number of carbonyl (C=O) groups excluding carboxylic acids is 1. The monoisotopic (exact) mass is 285 g/mol. The first-order valence-corrected chi connectivity index (χ1v) is 7.30. The van der Waals surface area contributed by atoms with Gasteiger partial charge in [-0.1, -0.05) is 6.42 Å². The molecule has 6 heteroatoms. The summed E-state index contributed by atoms with van der Waals surface area (Å²) in [5.74, 6) is -0.471. The maximum absolute atomic E-state index is 12.0. The number of carboxylic acids is 1. The molecular formula is C14H23NO5. The quantitative estimate of drug-likeness (QED) is 0.752. The number of carboxylic acid groups (broad SMARTS) is 1. The second-order valence-electron chi connectivity index (χ2n) is 5.60. The Kier molecular flexibility index (Phi) is 5.23. The first kappa shape index (κ1) is 15.1. The molecule has 1 aliphatic heterocycles. The van der Waals surface area contributed by atoms with Crippen molar-refractivity contribution in [2.75, 3.05) is 26.9 Å². The Morgan fingerprint density at radius 1 is 1.25 bits per heavy atom. The summed E-state index contributed by atoms with van der Waals surface area (Å²) in [6.45, 7) is 1.49. The van der Waals surface area contributed by atoms with Crippen molar-refractivity contribution in [1.82, 2.24) is 4.90 Å². The van der Waals surface area contributed by atoms with Gasteiger partial charge in [0.15, 0.2) is 0 Å². The number of carbonyl (C=O) groups is 2. The molecule has 3 atom stereocenters. The molecule has 2 fully saturated rings. The van der Waals surface area contributed by atoms with Crippen molar-refractivity contribution >= 4 is 12.1 Å². The minimum Gasteiger partial charge on any atom is -0.480 e. The summed E-state index contributed by atoms with van der Waals surface area (Å²) < 4.78 is 10.1. The Labute approximate surface area is 119 Å². The van der Waals surface area contributed by atoms with Gasteiger partial charge in [0.2, 0.25) is 0 Å². The standard InChI is InChI=1S/C14H23NO5/c1-19-7-2-3-8-20-14(18)15-9-10-5-4-6-11(10)12(15)13(16)17/h10-12H,2-9H2,1H3,(H,16,17)/t10-,11-,12-/m0/s1. The van der Waals surface area contributed by atoms with Crippen molar-refractivity contribution in [3.8, 4) is 0 Å². The lowest BCUT2D eigenvalue weighted by molar-refractivity contribution is -0.143. The fourth-order valence-corrected chi connectivity index (χ4v) is 3.40. The molecule has 0 unspecified atom stereocenters. The number of amides is 1. The first-order chi connectivity index (χ1) is 9.65. The zero-order valence-electron chi connectivity index (χ0n) is 11.9. The molecule has 1 amide bonds. The Morgan fingerprint density at radius 2 is 2.00 bits per heavy atom. The van der Waals surface area contributed by atoms with Crippen LogP contribution in [0.4, 0.5) is 4.79 Å². The van der Waals surface area contributed by atoms with Crippen LogP contribution in [0.5, 0.6) is 0 Å². The summed E-state index contributed by atoms with van der Waals surface area (Å²) in [5.41, 5.74) is 0. The predicted molar refractivity (Wildman–Crippen MR) is 71.4 cm³/mol. The lowest BCUT2D eigenvalue weighted by Crippen LogP contribution is -2.43. The van der Waals surface area contributed by atoms with E-state index in [0.717, 1.165) is 32.1 Å². The molecule has 0 aromatic carbocycles. The first-order valence-electron chi connectivity index (χ1n) is 7.30. The van der Waals surface area contributed by atoms with E-state index in [1.807, 2.05) is 0 Å². The number of nitrogens with zero attached hydrogens (tertiary/aromatic N) is 1. The fraction of sp³-hybridized carbons (Fsp3) is 0.857. The van der Waals surface area contributed by atoms with Gasteiger partial charge in [-0.05, 0) is 37.5 Å². The highest BCUT2D eigenvalue weighted by Crippen LogP contribution is 2.42. The molecule has 0 aromatic rings. The third-order valence-corrected chi connectivity index (χ3v) is 4.35. The number of fused-ring (bicyclic) bond motifs is 1. The lowest BCUT2D eigenvalue weighted by atomic mass is 9.94. The molecule has 2 aliphatic rings. The van der Waals surface area contributed by atoms with Crippen molar-refractivity contribution in [2.24, 2.45) is 11.8 Å². The van der Waals surface area contributed by atoms with Gasteiger partial charge in [-0.2, -0.15) is 0 Å². The van der Waals surface area contributed by atoms with E-state index >= 15 is 0 Å². The maximum atomic E-state index is 12.0. The molecule has 0 aromatic heterocycles. The highest BCUT2D eigenvalue weighted by atomic mass is 16.6. The van der Waals surface area contributed by atoms with Gasteiger partial charge in [-0.25, -0.2) is 9.59 Å². The molecule has 2 rings (SSSR count). The van der Waals surface area contributed by atoms with E-state index in [-0.39, 0.29) is 5.92 Å². The molecule has 1 N–H and O–H groups in total. The Hall–Kier alpha value is -1.30. The van der Waals surface area contributed by atoms with Crippen molar-refractivity contribution in [3.63, 3.8) is 0 Å². The highest BCUT2D eigenvalue weighted by molar-refractivity contribution is 5.81. The molecule has 6 nitrogen and oxygen atoms in total. The van der Waals surface area contributed by atoms with Crippen LogP contribution in [0.3, 0.4) is 0 Å². The number of likely N-dealkylation sites (tertiary alicyclic amines) is 1. The van der Waals surface area contributed by atoms with Crippen molar-refractivity contribution in [2.45, 2.75) is 38.1 Å². The molecule has 1 saturated heterocycles. The third-order valence-electron chi connectivity index (χ3n) is 4.35. The third kappa shape index (κ3) is 3.23. The van der Waals surface area contributed by atoms with Gasteiger partial charge in [-0.15, -0.1) is 0 Å². The highest BCUT2D eigenvalue weighted by Gasteiger charge is 2.50. The molecule has 0 bridgehead atoms. The number of rotatable bonds is 6. The SMILES string of the molecule is COCCCCOC(=O)N1C[C@@H]2CCC[C@@H]2[C@H]1C(=O)O. The Morgan fingerprint density at radius 3 is 2.70 bits per heavy atom. The van der Waals surface area contributed by atoms with Gasteiger partial charge in [0.1, 0.15) is 6.04 Å². The normalized spacial score (nSPS) is 28.4. The maximum Gasteiger partial charge on any atom is 0.410 e. The van der Waals surface area contributed by atoms with Gasteiger partial charge in [0.05, 0.1) is 6.61 Å². The van der Waals surface area contributed by atoms with Crippen LogP contribution in [0.15, 0.2) is 0 Å². The summed E-state index contributed by atoms with van der Waals surface area (Å²) in [7, 11) is 1.63. The molecule has 0 spiro atoms. The second-order valence-corrected chi connectivity index (χ2v) is 5.60. The molecule has 114 valence electrons. The Balaban J connectivity index is 1.84. The van der Waals surface area contributed by atoms with E-state index in [0.29, 0.717) is 25.7 Å². The van der Waals surface area contributed by atoms with Crippen LogP contribution >= 0.6 is 0 Å². The number of methoxy groups -OCH3 is 1. The summed E-state index contributed by atoms with van der Waals surface area (Å²) >= 11 is 0. The average molecular weight is 285 g/mol. The molecule has 0 radical (unpaired) electrons.